The fraction of sp³-hybridized carbons (Fsp3) is 0.543. The van der Waals surface area contributed by atoms with Gasteiger partial charge in [0.2, 0.25) is 0 Å². The van der Waals surface area contributed by atoms with Crippen LogP contribution in [-0.2, 0) is 35.0 Å². The van der Waals surface area contributed by atoms with Crippen molar-refractivity contribution in [2.75, 3.05) is 66.1 Å². The van der Waals surface area contributed by atoms with Crippen LogP contribution < -0.4 is 4.74 Å². The van der Waals surface area contributed by atoms with Crippen molar-refractivity contribution in [1.29, 1.82) is 0 Å². The van der Waals surface area contributed by atoms with Gasteiger partial charge in [0, 0.05) is 37.7 Å². The molecule has 46 heavy (non-hydrogen) atoms. The summed E-state index contributed by atoms with van der Waals surface area (Å²) in [6.07, 6.45) is -0.0857. The van der Waals surface area contributed by atoms with Crippen molar-refractivity contribution in [3.63, 3.8) is 0 Å². The normalized spacial score (nSPS) is 19.8. The third-order valence-electron chi connectivity index (χ3n) is 7.92. The van der Waals surface area contributed by atoms with Gasteiger partial charge >= 0.3 is 0 Å². The molecule has 4 rings (SSSR count). The molecule has 1 aliphatic carbocycles. The van der Waals surface area contributed by atoms with Crippen LogP contribution in [-0.4, -0.2) is 94.4 Å². The Labute approximate surface area is 270 Å². The molecule has 0 amide bonds. The number of nitro groups is 1. The smallest absolute Gasteiger partial charge is 0.270 e. The quantitative estimate of drug-likeness (QED) is 0.0912. The van der Waals surface area contributed by atoms with Gasteiger partial charge in [0.25, 0.3) is 5.69 Å². The number of ether oxygens (including phenoxy) is 7. The number of nitro benzene ring substituents is 1. The highest BCUT2D eigenvalue weighted by molar-refractivity contribution is 5.83. The standard InChI is InChI=1S/C35H47NO10/c1-3-40-11-13-42-15-17-44-34-23-32(29-19-26(25-37)20-30(21-29)36(38)39)33(24-35(34)45-18-16-43-14-12-41-4-2)46-31-10-9-27-7-5-6-8-28(27)22-31/h5-10,19-22,32-35,37H,3-4,11-18,23-25H2,1-2H3/t32?,33?,34-,35+/m1/s1. The van der Waals surface area contributed by atoms with Crippen LogP contribution >= 0.6 is 0 Å². The van der Waals surface area contributed by atoms with E-state index < -0.39 is 4.92 Å². The molecule has 11 heteroatoms. The number of hydrogen-bond donors (Lipinski definition) is 1. The zero-order valence-corrected chi connectivity index (χ0v) is 26.8. The largest absolute Gasteiger partial charge is 0.490 e. The van der Waals surface area contributed by atoms with Crippen molar-refractivity contribution < 1.29 is 43.2 Å². The molecule has 0 saturated heterocycles. The second-order valence-corrected chi connectivity index (χ2v) is 11.0. The SMILES string of the molecule is CCOCCOCCO[C@H]1CC(Oc2ccc3ccccc3c2)C(c2cc(CO)cc([N+](=O)[O-])c2)C[C@H]1OCCOCCOCC. The van der Waals surface area contributed by atoms with Crippen molar-refractivity contribution in [1.82, 2.24) is 0 Å². The molecular weight excluding hydrogens is 594 g/mol. The average Bonchev–Trinajstić information content (AvgIpc) is 3.07. The van der Waals surface area contributed by atoms with Crippen LogP contribution in [0.15, 0.2) is 60.7 Å². The van der Waals surface area contributed by atoms with Gasteiger partial charge < -0.3 is 38.3 Å². The fourth-order valence-electron chi connectivity index (χ4n) is 5.70. The van der Waals surface area contributed by atoms with E-state index in [1.54, 1.807) is 6.07 Å². The summed E-state index contributed by atoms with van der Waals surface area (Å²) in [5.41, 5.74) is 1.11. The molecule has 1 fully saturated rings. The first kappa shape index (κ1) is 35.7. The molecule has 3 aromatic carbocycles. The minimum Gasteiger partial charge on any atom is -0.490 e. The molecule has 0 heterocycles. The molecular formula is C35H47NO10. The molecule has 1 aliphatic rings. The lowest BCUT2D eigenvalue weighted by molar-refractivity contribution is -0.385. The summed E-state index contributed by atoms with van der Waals surface area (Å²) in [6.45, 7) is 8.35. The highest BCUT2D eigenvalue weighted by atomic mass is 16.6. The second kappa shape index (κ2) is 19.5. The van der Waals surface area contributed by atoms with E-state index in [4.69, 9.17) is 33.2 Å². The number of benzene rings is 3. The molecule has 0 aliphatic heterocycles. The van der Waals surface area contributed by atoms with E-state index in [0.29, 0.717) is 95.8 Å². The zero-order chi connectivity index (χ0) is 32.6. The lowest BCUT2D eigenvalue weighted by Gasteiger charge is -2.41. The molecule has 4 atom stereocenters. The second-order valence-electron chi connectivity index (χ2n) is 11.0. The van der Waals surface area contributed by atoms with Crippen molar-refractivity contribution in [3.8, 4) is 5.75 Å². The molecule has 11 nitrogen and oxygen atoms in total. The predicted molar refractivity (Wildman–Crippen MR) is 173 cm³/mol. The number of aliphatic hydroxyl groups excluding tert-OH is 1. The molecule has 0 bridgehead atoms. The maximum absolute atomic E-state index is 11.8. The van der Waals surface area contributed by atoms with E-state index in [-0.39, 0.29) is 36.5 Å². The van der Waals surface area contributed by atoms with Gasteiger partial charge in [-0.25, -0.2) is 0 Å². The number of nitrogens with zero attached hydrogens (tertiary/aromatic N) is 1. The van der Waals surface area contributed by atoms with E-state index in [2.05, 4.69) is 0 Å². The highest BCUT2D eigenvalue weighted by Crippen LogP contribution is 2.40. The van der Waals surface area contributed by atoms with Crippen molar-refractivity contribution in [2.45, 2.75) is 57.5 Å². The van der Waals surface area contributed by atoms with Gasteiger partial charge in [-0.15, -0.1) is 0 Å². The summed E-state index contributed by atoms with van der Waals surface area (Å²) in [4.78, 5) is 11.4. The molecule has 0 radical (unpaired) electrons. The zero-order valence-electron chi connectivity index (χ0n) is 26.8. The fourth-order valence-corrected chi connectivity index (χ4v) is 5.70. The summed E-state index contributed by atoms with van der Waals surface area (Å²) in [7, 11) is 0. The van der Waals surface area contributed by atoms with E-state index in [9.17, 15) is 15.2 Å². The molecule has 0 aromatic heterocycles. The van der Waals surface area contributed by atoms with E-state index in [1.807, 2.05) is 62.4 Å². The summed E-state index contributed by atoms with van der Waals surface area (Å²) < 4.78 is 41.4. The van der Waals surface area contributed by atoms with Crippen LogP contribution in [0.4, 0.5) is 5.69 Å². The van der Waals surface area contributed by atoms with Crippen LogP contribution in [0.2, 0.25) is 0 Å². The van der Waals surface area contributed by atoms with Crippen LogP contribution in [0.5, 0.6) is 5.75 Å². The Morgan fingerprint density at radius 1 is 0.717 bits per heavy atom. The predicted octanol–water partition coefficient (Wildman–Crippen LogP) is 5.44. The Hall–Kier alpha value is -3.16. The highest BCUT2D eigenvalue weighted by Gasteiger charge is 2.41. The topological polar surface area (TPSA) is 128 Å². The first-order chi connectivity index (χ1) is 22.5. The van der Waals surface area contributed by atoms with Gasteiger partial charge in [0.05, 0.1) is 76.6 Å². The Kier molecular flexibility index (Phi) is 15.1. The Morgan fingerprint density at radius 2 is 1.33 bits per heavy atom. The molecule has 1 N–H and O–H groups in total. The minimum atomic E-state index is -0.435. The van der Waals surface area contributed by atoms with Crippen molar-refractivity contribution in [2.24, 2.45) is 0 Å². The third kappa shape index (κ3) is 11.0. The number of fused-ring (bicyclic) bond motifs is 1. The maximum atomic E-state index is 11.8. The number of rotatable bonds is 21. The van der Waals surface area contributed by atoms with Gasteiger partial charge in [-0.05, 0) is 54.3 Å². The first-order valence-electron chi connectivity index (χ1n) is 16.1. The summed E-state index contributed by atoms with van der Waals surface area (Å²) in [6, 6.07) is 18.8. The van der Waals surface area contributed by atoms with Crippen LogP contribution in [0.25, 0.3) is 10.8 Å². The first-order valence-corrected chi connectivity index (χ1v) is 16.1. The minimum absolute atomic E-state index is 0.0752. The molecule has 0 spiro atoms. The van der Waals surface area contributed by atoms with Crippen LogP contribution in [0, 0.1) is 10.1 Å². The monoisotopic (exact) mass is 641 g/mol. The number of hydrogen-bond acceptors (Lipinski definition) is 10. The van der Waals surface area contributed by atoms with Crippen LogP contribution in [0.3, 0.4) is 0 Å². The van der Waals surface area contributed by atoms with E-state index >= 15 is 0 Å². The van der Waals surface area contributed by atoms with E-state index in [0.717, 1.165) is 10.8 Å². The molecule has 1 saturated carbocycles. The summed E-state index contributed by atoms with van der Waals surface area (Å²) in [5, 5.41) is 23.9. The van der Waals surface area contributed by atoms with Crippen molar-refractivity contribution in [3.05, 3.63) is 81.9 Å². The average molecular weight is 642 g/mol. The Morgan fingerprint density at radius 3 is 1.96 bits per heavy atom. The van der Waals surface area contributed by atoms with Gasteiger partial charge in [0.15, 0.2) is 0 Å². The van der Waals surface area contributed by atoms with Gasteiger partial charge in [0.1, 0.15) is 11.9 Å². The van der Waals surface area contributed by atoms with Gasteiger partial charge in [-0.1, -0.05) is 36.4 Å². The number of aliphatic hydroxyl groups is 1. The lowest BCUT2D eigenvalue weighted by atomic mass is 9.78. The Bertz CT molecular complexity index is 1340. The van der Waals surface area contributed by atoms with Crippen LogP contribution in [0.1, 0.15) is 43.7 Å². The van der Waals surface area contributed by atoms with E-state index in [1.165, 1.54) is 6.07 Å². The van der Waals surface area contributed by atoms with Crippen molar-refractivity contribution >= 4 is 16.5 Å². The molecule has 3 aromatic rings. The summed E-state index contributed by atoms with van der Waals surface area (Å²) >= 11 is 0. The third-order valence-corrected chi connectivity index (χ3v) is 7.92. The summed E-state index contributed by atoms with van der Waals surface area (Å²) in [5.74, 6) is 0.421. The van der Waals surface area contributed by atoms with Gasteiger partial charge in [-0.2, -0.15) is 0 Å². The lowest BCUT2D eigenvalue weighted by Crippen LogP contribution is -2.46. The Balaban J connectivity index is 1.56. The number of non-ortho nitro benzene ring substituents is 1. The maximum Gasteiger partial charge on any atom is 0.270 e. The molecule has 252 valence electrons. The van der Waals surface area contributed by atoms with Gasteiger partial charge in [-0.3, -0.25) is 10.1 Å². The molecule has 2 unspecified atom stereocenters.